The zero-order valence-electron chi connectivity index (χ0n) is 13.5. The van der Waals surface area contributed by atoms with E-state index < -0.39 is 9.84 Å². The van der Waals surface area contributed by atoms with Gasteiger partial charge in [0.1, 0.15) is 0 Å². The fraction of sp³-hybridized carbons (Fsp3) is 0.938. The normalized spacial score (nSPS) is 36.4. The van der Waals surface area contributed by atoms with Crippen LogP contribution in [0.2, 0.25) is 0 Å². The Morgan fingerprint density at radius 3 is 2.41 bits per heavy atom. The van der Waals surface area contributed by atoms with Crippen LogP contribution < -0.4 is 5.32 Å². The van der Waals surface area contributed by atoms with Crippen LogP contribution in [0.4, 0.5) is 0 Å². The lowest BCUT2D eigenvalue weighted by molar-refractivity contribution is -0.134. The van der Waals surface area contributed by atoms with Gasteiger partial charge < -0.3 is 10.2 Å². The molecule has 126 valence electrons. The van der Waals surface area contributed by atoms with Crippen molar-refractivity contribution in [3.05, 3.63) is 0 Å². The predicted octanol–water partition coefficient (Wildman–Crippen LogP) is 1.33. The zero-order chi connectivity index (χ0) is 15.7. The van der Waals surface area contributed by atoms with Gasteiger partial charge in [-0.3, -0.25) is 4.79 Å². The standard InChI is InChI=1S/C16H28N2O3S/c1-2-6-18(15-5-7-22(20,21)11-15)16(19)10-12-8-13-3-4-14(9-12)17-13/h12-15,17H,2-11H2,1H3. The molecule has 0 spiro atoms. The summed E-state index contributed by atoms with van der Waals surface area (Å²) in [6.45, 7) is 2.74. The highest BCUT2D eigenvalue weighted by Crippen LogP contribution is 2.33. The topological polar surface area (TPSA) is 66.5 Å². The van der Waals surface area contributed by atoms with E-state index in [-0.39, 0.29) is 23.5 Å². The summed E-state index contributed by atoms with van der Waals surface area (Å²) < 4.78 is 23.4. The number of fused-ring (bicyclic) bond motifs is 2. The van der Waals surface area contributed by atoms with Crippen molar-refractivity contribution in [2.45, 2.75) is 70.0 Å². The number of sulfone groups is 1. The van der Waals surface area contributed by atoms with Crippen LogP contribution in [0.15, 0.2) is 0 Å². The van der Waals surface area contributed by atoms with E-state index in [1.165, 1.54) is 12.8 Å². The van der Waals surface area contributed by atoms with Gasteiger partial charge in [0.15, 0.2) is 9.84 Å². The van der Waals surface area contributed by atoms with Gasteiger partial charge in [0.05, 0.1) is 11.5 Å². The number of hydrogen-bond donors (Lipinski definition) is 1. The smallest absolute Gasteiger partial charge is 0.223 e. The lowest BCUT2D eigenvalue weighted by Crippen LogP contribution is -2.44. The highest BCUT2D eigenvalue weighted by Gasteiger charge is 2.37. The van der Waals surface area contributed by atoms with E-state index in [0.29, 0.717) is 37.4 Å². The zero-order valence-corrected chi connectivity index (χ0v) is 14.3. The molecule has 3 unspecified atom stereocenters. The number of piperidine rings is 1. The van der Waals surface area contributed by atoms with E-state index in [9.17, 15) is 13.2 Å². The quantitative estimate of drug-likeness (QED) is 0.827. The van der Waals surface area contributed by atoms with Crippen LogP contribution in [0.1, 0.15) is 51.9 Å². The van der Waals surface area contributed by atoms with Gasteiger partial charge in [0.2, 0.25) is 5.91 Å². The van der Waals surface area contributed by atoms with E-state index in [4.69, 9.17) is 0 Å². The first kappa shape index (κ1) is 16.2. The molecule has 0 saturated carbocycles. The van der Waals surface area contributed by atoms with Gasteiger partial charge in [-0.25, -0.2) is 8.42 Å². The molecular weight excluding hydrogens is 300 g/mol. The molecule has 3 aliphatic heterocycles. The molecule has 1 amide bonds. The van der Waals surface area contributed by atoms with E-state index in [1.807, 2.05) is 4.90 Å². The van der Waals surface area contributed by atoms with E-state index in [1.54, 1.807) is 0 Å². The number of nitrogens with zero attached hydrogens (tertiary/aromatic N) is 1. The summed E-state index contributed by atoms with van der Waals surface area (Å²) in [6.07, 6.45) is 6.80. The second kappa shape index (κ2) is 6.48. The van der Waals surface area contributed by atoms with E-state index in [2.05, 4.69) is 12.2 Å². The van der Waals surface area contributed by atoms with Crippen molar-refractivity contribution in [1.29, 1.82) is 0 Å². The van der Waals surface area contributed by atoms with Crippen molar-refractivity contribution in [2.75, 3.05) is 18.1 Å². The van der Waals surface area contributed by atoms with Gasteiger partial charge in [-0.2, -0.15) is 0 Å². The van der Waals surface area contributed by atoms with Crippen molar-refractivity contribution in [3.8, 4) is 0 Å². The third kappa shape index (κ3) is 3.65. The summed E-state index contributed by atoms with van der Waals surface area (Å²) in [5, 5.41) is 3.61. The molecular formula is C16H28N2O3S. The lowest BCUT2D eigenvalue weighted by atomic mass is 9.89. The molecule has 22 heavy (non-hydrogen) atoms. The minimum absolute atomic E-state index is 0.0871. The molecule has 0 aromatic heterocycles. The summed E-state index contributed by atoms with van der Waals surface area (Å²) in [6, 6.07) is 1.11. The Morgan fingerprint density at radius 2 is 1.86 bits per heavy atom. The second-order valence-corrected chi connectivity index (χ2v) is 9.55. The van der Waals surface area contributed by atoms with Gasteiger partial charge in [0, 0.05) is 31.1 Å². The Kier molecular flexibility index (Phi) is 4.78. The first-order valence-electron chi connectivity index (χ1n) is 8.73. The van der Waals surface area contributed by atoms with Gasteiger partial charge >= 0.3 is 0 Å². The Hall–Kier alpha value is -0.620. The number of carbonyl (C=O) groups is 1. The minimum atomic E-state index is -2.94. The summed E-state index contributed by atoms with van der Waals surface area (Å²) in [7, 11) is -2.94. The molecule has 1 N–H and O–H groups in total. The highest BCUT2D eigenvalue weighted by molar-refractivity contribution is 7.91. The molecule has 3 heterocycles. The molecule has 5 nitrogen and oxygen atoms in total. The summed E-state index contributed by atoms with van der Waals surface area (Å²) >= 11 is 0. The van der Waals surface area contributed by atoms with Crippen LogP contribution in [0.5, 0.6) is 0 Å². The van der Waals surface area contributed by atoms with Gasteiger partial charge in [-0.1, -0.05) is 6.92 Å². The van der Waals surface area contributed by atoms with Gasteiger partial charge in [0.25, 0.3) is 0 Å². The molecule has 0 aromatic rings. The van der Waals surface area contributed by atoms with Crippen molar-refractivity contribution in [1.82, 2.24) is 10.2 Å². The number of hydrogen-bond acceptors (Lipinski definition) is 4. The average Bonchev–Trinajstić information content (AvgIpc) is 2.98. The first-order valence-corrected chi connectivity index (χ1v) is 10.5. The molecule has 3 saturated heterocycles. The Balaban J connectivity index is 1.60. The van der Waals surface area contributed by atoms with Crippen molar-refractivity contribution in [2.24, 2.45) is 5.92 Å². The molecule has 0 radical (unpaired) electrons. The first-order chi connectivity index (χ1) is 10.5. The Morgan fingerprint density at radius 1 is 1.18 bits per heavy atom. The fourth-order valence-electron chi connectivity index (χ4n) is 4.48. The van der Waals surface area contributed by atoms with E-state index in [0.717, 1.165) is 19.3 Å². The predicted molar refractivity (Wildman–Crippen MR) is 86.3 cm³/mol. The SMILES string of the molecule is CCCN(C(=O)CC1CC2CCC(C1)N2)C1CCS(=O)(=O)C1. The summed E-state index contributed by atoms with van der Waals surface area (Å²) in [4.78, 5) is 14.6. The number of nitrogens with one attached hydrogen (secondary N) is 1. The van der Waals surface area contributed by atoms with Crippen LogP contribution in [0, 0.1) is 5.92 Å². The molecule has 6 heteroatoms. The molecule has 3 aliphatic rings. The van der Waals surface area contributed by atoms with Crippen LogP contribution in [0.3, 0.4) is 0 Å². The fourth-order valence-corrected chi connectivity index (χ4v) is 6.21. The average molecular weight is 328 g/mol. The van der Waals surface area contributed by atoms with E-state index >= 15 is 0 Å². The summed E-state index contributed by atoms with van der Waals surface area (Å²) in [5.41, 5.74) is 0. The summed E-state index contributed by atoms with van der Waals surface area (Å²) in [5.74, 6) is 1.05. The van der Waals surface area contributed by atoms with Crippen LogP contribution in [-0.2, 0) is 14.6 Å². The van der Waals surface area contributed by atoms with Crippen LogP contribution in [-0.4, -0.2) is 55.4 Å². The third-order valence-corrected chi connectivity index (χ3v) is 7.22. The lowest BCUT2D eigenvalue weighted by Gasteiger charge is -2.33. The number of rotatable bonds is 5. The molecule has 3 fully saturated rings. The van der Waals surface area contributed by atoms with Crippen LogP contribution >= 0.6 is 0 Å². The Labute approximate surface area is 133 Å². The minimum Gasteiger partial charge on any atom is -0.339 e. The van der Waals surface area contributed by atoms with Crippen molar-refractivity contribution < 1.29 is 13.2 Å². The second-order valence-electron chi connectivity index (χ2n) is 7.32. The maximum Gasteiger partial charge on any atom is 0.223 e. The third-order valence-electron chi connectivity index (χ3n) is 5.47. The largest absolute Gasteiger partial charge is 0.339 e. The molecule has 0 aliphatic carbocycles. The molecule has 0 aromatic carbocycles. The van der Waals surface area contributed by atoms with Crippen molar-refractivity contribution >= 4 is 15.7 Å². The van der Waals surface area contributed by atoms with Gasteiger partial charge in [-0.15, -0.1) is 0 Å². The Bertz CT molecular complexity index is 507. The molecule has 2 bridgehead atoms. The monoisotopic (exact) mass is 328 g/mol. The van der Waals surface area contributed by atoms with Gasteiger partial charge in [-0.05, 0) is 44.4 Å². The number of amides is 1. The maximum absolute atomic E-state index is 12.7. The highest BCUT2D eigenvalue weighted by atomic mass is 32.2. The van der Waals surface area contributed by atoms with Crippen LogP contribution in [0.25, 0.3) is 0 Å². The molecule has 3 atom stereocenters. The van der Waals surface area contributed by atoms with Crippen molar-refractivity contribution in [3.63, 3.8) is 0 Å². The number of carbonyl (C=O) groups excluding carboxylic acids is 1. The maximum atomic E-state index is 12.7. The molecule has 3 rings (SSSR count).